The third-order valence-electron chi connectivity index (χ3n) is 3.12. The number of nitrogens with zero attached hydrogens (tertiary/aromatic N) is 6. The van der Waals surface area contributed by atoms with Crippen molar-refractivity contribution in [2.45, 2.75) is 20.8 Å². The highest BCUT2D eigenvalue weighted by Gasteiger charge is 2.17. The zero-order valence-electron chi connectivity index (χ0n) is 13.3. The first-order chi connectivity index (χ1) is 9.92. The summed E-state index contributed by atoms with van der Waals surface area (Å²) < 4.78 is 0. The lowest BCUT2D eigenvalue weighted by molar-refractivity contribution is -0.127. The average molecular weight is 315 g/mol. The van der Waals surface area contributed by atoms with E-state index < -0.39 is 0 Å². The lowest BCUT2D eigenvalue weighted by atomic mass is 10.4. The standard InChI is InChI=1S/C13H23ClN6O/c1-6-19(7-2)12-15-11(14)16-13(17-12)20(8-3)9-10(21)18(4)5/h6-9H2,1-5H3. The third-order valence-corrected chi connectivity index (χ3v) is 3.29. The third kappa shape index (κ3) is 4.70. The van der Waals surface area contributed by atoms with Crippen molar-refractivity contribution in [1.29, 1.82) is 0 Å². The Balaban J connectivity index is 3.06. The first kappa shape index (κ1) is 17.4. The Morgan fingerprint density at radius 1 is 0.952 bits per heavy atom. The molecule has 0 atom stereocenters. The van der Waals surface area contributed by atoms with Crippen LogP contribution >= 0.6 is 11.6 Å². The maximum atomic E-state index is 11.9. The Labute approximate surface area is 130 Å². The van der Waals surface area contributed by atoms with E-state index in [1.807, 2.05) is 25.7 Å². The summed E-state index contributed by atoms with van der Waals surface area (Å²) in [5.41, 5.74) is 0. The summed E-state index contributed by atoms with van der Waals surface area (Å²) in [4.78, 5) is 29.9. The fraction of sp³-hybridized carbons (Fsp3) is 0.692. The van der Waals surface area contributed by atoms with Crippen molar-refractivity contribution in [1.82, 2.24) is 19.9 Å². The summed E-state index contributed by atoms with van der Waals surface area (Å²) in [5, 5.41) is 0.137. The number of carbonyl (C=O) groups is 1. The van der Waals surface area contributed by atoms with E-state index in [9.17, 15) is 4.79 Å². The van der Waals surface area contributed by atoms with Gasteiger partial charge in [0.15, 0.2) is 0 Å². The van der Waals surface area contributed by atoms with Crippen LogP contribution in [0.25, 0.3) is 0 Å². The fourth-order valence-corrected chi connectivity index (χ4v) is 1.90. The minimum absolute atomic E-state index is 0.0160. The van der Waals surface area contributed by atoms with Gasteiger partial charge in [-0.05, 0) is 32.4 Å². The Morgan fingerprint density at radius 2 is 1.43 bits per heavy atom. The summed E-state index contributed by atoms with van der Waals surface area (Å²) in [6, 6.07) is 0. The van der Waals surface area contributed by atoms with E-state index in [0.717, 1.165) is 13.1 Å². The lowest BCUT2D eigenvalue weighted by Crippen LogP contribution is -2.38. The molecule has 8 heteroatoms. The molecule has 118 valence electrons. The molecule has 0 saturated heterocycles. The van der Waals surface area contributed by atoms with Crippen LogP contribution in [0, 0.1) is 0 Å². The van der Waals surface area contributed by atoms with E-state index in [4.69, 9.17) is 11.6 Å². The molecule has 1 amide bonds. The molecule has 1 rings (SSSR count). The van der Waals surface area contributed by atoms with Gasteiger partial charge in [0, 0.05) is 33.7 Å². The van der Waals surface area contributed by atoms with E-state index in [2.05, 4.69) is 15.0 Å². The molecule has 0 fully saturated rings. The Bertz CT molecular complexity index is 478. The minimum atomic E-state index is -0.0160. The van der Waals surface area contributed by atoms with Crippen LogP contribution in [0.3, 0.4) is 0 Å². The van der Waals surface area contributed by atoms with Gasteiger partial charge in [0.2, 0.25) is 23.1 Å². The normalized spacial score (nSPS) is 10.4. The zero-order valence-corrected chi connectivity index (χ0v) is 14.1. The predicted octanol–water partition coefficient (Wildman–Crippen LogP) is 1.29. The van der Waals surface area contributed by atoms with Gasteiger partial charge in [0.25, 0.3) is 0 Å². The first-order valence-corrected chi connectivity index (χ1v) is 7.42. The van der Waals surface area contributed by atoms with E-state index in [1.165, 1.54) is 4.90 Å². The highest BCUT2D eigenvalue weighted by Crippen LogP contribution is 2.16. The second-order valence-electron chi connectivity index (χ2n) is 4.68. The van der Waals surface area contributed by atoms with Crippen molar-refractivity contribution in [2.75, 3.05) is 50.1 Å². The molecule has 0 spiro atoms. The molecule has 0 radical (unpaired) electrons. The van der Waals surface area contributed by atoms with Crippen LogP contribution in [0.4, 0.5) is 11.9 Å². The smallest absolute Gasteiger partial charge is 0.241 e. The molecule has 0 aromatic carbocycles. The Morgan fingerprint density at radius 3 is 1.86 bits per heavy atom. The molecule has 0 unspecified atom stereocenters. The summed E-state index contributed by atoms with van der Waals surface area (Å²) in [6.45, 7) is 8.36. The van der Waals surface area contributed by atoms with Crippen LogP contribution < -0.4 is 9.80 Å². The molecular weight excluding hydrogens is 292 g/mol. The SMILES string of the molecule is CCN(CC)c1nc(Cl)nc(N(CC)CC(=O)N(C)C)n1. The minimum Gasteiger partial charge on any atom is -0.347 e. The van der Waals surface area contributed by atoms with Gasteiger partial charge < -0.3 is 14.7 Å². The predicted molar refractivity (Wildman–Crippen MR) is 85.0 cm³/mol. The zero-order chi connectivity index (χ0) is 16.0. The van der Waals surface area contributed by atoms with Crippen molar-refractivity contribution >= 4 is 29.4 Å². The van der Waals surface area contributed by atoms with Gasteiger partial charge in [-0.3, -0.25) is 4.79 Å². The van der Waals surface area contributed by atoms with Gasteiger partial charge in [0.1, 0.15) is 0 Å². The number of hydrogen-bond acceptors (Lipinski definition) is 6. The molecule has 0 N–H and O–H groups in total. The van der Waals surface area contributed by atoms with E-state index in [1.54, 1.807) is 19.0 Å². The summed E-state index contributed by atoms with van der Waals surface area (Å²) in [6.07, 6.45) is 0. The van der Waals surface area contributed by atoms with E-state index >= 15 is 0 Å². The van der Waals surface area contributed by atoms with Crippen LogP contribution in [-0.2, 0) is 4.79 Å². The summed E-state index contributed by atoms with van der Waals surface area (Å²) in [5.74, 6) is 0.943. The van der Waals surface area contributed by atoms with Crippen molar-refractivity contribution in [3.05, 3.63) is 5.28 Å². The van der Waals surface area contributed by atoms with Crippen molar-refractivity contribution in [3.63, 3.8) is 0 Å². The maximum Gasteiger partial charge on any atom is 0.241 e. The van der Waals surface area contributed by atoms with Crippen molar-refractivity contribution in [2.24, 2.45) is 0 Å². The number of anilines is 2. The molecule has 0 aliphatic carbocycles. The molecule has 1 heterocycles. The summed E-state index contributed by atoms with van der Waals surface area (Å²) >= 11 is 6.00. The van der Waals surface area contributed by atoms with Gasteiger partial charge in [0.05, 0.1) is 6.54 Å². The number of carbonyl (C=O) groups excluding carboxylic acids is 1. The Kier molecular flexibility index (Phi) is 6.61. The molecule has 0 bridgehead atoms. The topological polar surface area (TPSA) is 65.5 Å². The molecular formula is C13H23ClN6O. The van der Waals surface area contributed by atoms with Gasteiger partial charge in [-0.15, -0.1) is 0 Å². The van der Waals surface area contributed by atoms with Gasteiger partial charge in [-0.25, -0.2) is 0 Å². The van der Waals surface area contributed by atoms with E-state index in [0.29, 0.717) is 18.4 Å². The molecule has 1 aromatic rings. The van der Waals surface area contributed by atoms with Crippen LogP contribution in [0.1, 0.15) is 20.8 Å². The average Bonchev–Trinajstić information content (AvgIpc) is 2.45. The van der Waals surface area contributed by atoms with Crippen LogP contribution in [0.2, 0.25) is 5.28 Å². The molecule has 0 saturated carbocycles. The van der Waals surface area contributed by atoms with Gasteiger partial charge in [-0.1, -0.05) is 0 Å². The largest absolute Gasteiger partial charge is 0.347 e. The van der Waals surface area contributed by atoms with Crippen LogP contribution in [0.15, 0.2) is 0 Å². The highest BCUT2D eigenvalue weighted by molar-refractivity contribution is 6.28. The Hall–Kier alpha value is -1.63. The molecule has 1 aromatic heterocycles. The first-order valence-electron chi connectivity index (χ1n) is 7.04. The van der Waals surface area contributed by atoms with Crippen molar-refractivity contribution < 1.29 is 4.79 Å². The molecule has 0 aliphatic rings. The molecule has 21 heavy (non-hydrogen) atoms. The number of aromatic nitrogens is 3. The molecule has 7 nitrogen and oxygen atoms in total. The number of rotatable bonds is 7. The highest BCUT2D eigenvalue weighted by atomic mass is 35.5. The number of likely N-dealkylation sites (N-methyl/N-ethyl adjacent to an activating group) is 2. The van der Waals surface area contributed by atoms with Gasteiger partial charge >= 0.3 is 0 Å². The van der Waals surface area contributed by atoms with Crippen molar-refractivity contribution in [3.8, 4) is 0 Å². The summed E-state index contributed by atoms with van der Waals surface area (Å²) in [7, 11) is 3.44. The van der Waals surface area contributed by atoms with Gasteiger partial charge in [-0.2, -0.15) is 15.0 Å². The second kappa shape index (κ2) is 7.97. The number of hydrogen-bond donors (Lipinski definition) is 0. The quantitative estimate of drug-likeness (QED) is 0.755. The fourth-order valence-electron chi connectivity index (χ4n) is 1.75. The van der Waals surface area contributed by atoms with E-state index in [-0.39, 0.29) is 17.7 Å². The number of amides is 1. The van der Waals surface area contributed by atoms with Crippen LogP contribution in [0.5, 0.6) is 0 Å². The van der Waals surface area contributed by atoms with Crippen LogP contribution in [-0.4, -0.2) is 66.0 Å². The maximum absolute atomic E-state index is 11.9. The monoisotopic (exact) mass is 314 g/mol. The molecule has 0 aliphatic heterocycles. The second-order valence-corrected chi connectivity index (χ2v) is 5.02. The lowest BCUT2D eigenvalue weighted by Gasteiger charge is -2.24. The number of halogens is 1.